The highest BCUT2D eigenvalue weighted by molar-refractivity contribution is 6.06. The predicted molar refractivity (Wildman–Crippen MR) is 102 cm³/mol. The first-order chi connectivity index (χ1) is 12.5. The lowest BCUT2D eigenvalue weighted by Crippen LogP contribution is -2.43. The number of rotatable bonds is 5. The summed E-state index contributed by atoms with van der Waals surface area (Å²) in [7, 11) is 1.83. The highest BCUT2D eigenvalue weighted by Gasteiger charge is 2.46. The van der Waals surface area contributed by atoms with E-state index < -0.39 is 5.54 Å². The number of likely N-dealkylation sites (tertiary alicyclic amines) is 1. The molecule has 0 radical (unpaired) electrons. The van der Waals surface area contributed by atoms with Gasteiger partial charge in [0.05, 0.1) is 0 Å². The average Bonchev–Trinajstić information content (AvgIpc) is 3.16. The lowest BCUT2D eigenvalue weighted by molar-refractivity contribution is -0.130. The van der Waals surface area contributed by atoms with Crippen LogP contribution in [0.25, 0.3) is 0 Å². The van der Waals surface area contributed by atoms with Crippen molar-refractivity contribution in [2.75, 3.05) is 33.2 Å². The van der Waals surface area contributed by atoms with E-state index in [2.05, 4.69) is 20.5 Å². The van der Waals surface area contributed by atoms with Gasteiger partial charge in [0.1, 0.15) is 5.54 Å². The molecule has 3 rings (SSSR count). The fourth-order valence-corrected chi connectivity index (χ4v) is 4.54. The Morgan fingerprint density at radius 2 is 1.92 bits per heavy atom. The van der Waals surface area contributed by atoms with Crippen molar-refractivity contribution >= 4 is 17.9 Å². The van der Waals surface area contributed by atoms with Gasteiger partial charge in [0.2, 0.25) is 0 Å². The number of amides is 3. The van der Waals surface area contributed by atoms with Gasteiger partial charge in [-0.25, -0.2) is 4.79 Å². The lowest BCUT2D eigenvalue weighted by atomic mass is 9.82. The Balaban J connectivity index is 1.44. The summed E-state index contributed by atoms with van der Waals surface area (Å²) in [4.78, 5) is 32.6. The summed E-state index contributed by atoms with van der Waals surface area (Å²) in [6.07, 6.45) is 6.75. The molecule has 146 valence electrons. The Bertz CT molecular complexity index is 564. The van der Waals surface area contributed by atoms with Gasteiger partial charge >= 0.3 is 6.03 Å². The molecule has 3 amide bonds. The smallest absolute Gasteiger partial charge is 0.325 e. The van der Waals surface area contributed by atoms with Crippen molar-refractivity contribution in [3.63, 3.8) is 0 Å². The Kier molecular flexibility index (Phi) is 5.73. The second-order valence-corrected chi connectivity index (χ2v) is 8.11. The molecular weight excluding hydrogens is 330 g/mol. The molecule has 0 bridgehead atoms. The molecule has 2 saturated heterocycles. The maximum absolute atomic E-state index is 12.4. The summed E-state index contributed by atoms with van der Waals surface area (Å²) >= 11 is 0. The fraction of sp³-hybridized carbons (Fsp3) is 0.842. The van der Waals surface area contributed by atoms with Gasteiger partial charge in [-0.2, -0.15) is 0 Å². The minimum Gasteiger partial charge on any atom is -0.356 e. The van der Waals surface area contributed by atoms with Crippen LogP contribution in [-0.4, -0.2) is 66.5 Å². The number of nitrogens with zero attached hydrogens (tertiary/aromatic N) is 3. The van der Waals surface area contributed by atoms with Gasteiger partial charge in [0.15, 0.2) is 5.96 Å². The van der Waals surface area contributed by atoms with Crippen molar-refractivity contribution in [2.45, 2.75) is 57.9 Å². The first-order valence-corrected chi connectivity index (χ1v) is 10.1. The third-order valence-corrected chi connectivity index (χ3v) is 6.38. The van der Waals surface area contributed by atoms with E-state index in [-0.39, 0.29) is 11.9 Å². The largest absolute Gasteiger partial charge is 0.356 e. The van der Waals surface area contributed by atoms with Crippen LogP contribution in [0.15, 0.2) is 4.99 Å². The third-order valence-electron chi connectivity index (χ3n) is 6.38. The molecule has 1 saturated carbocycles. The van der Waals surface area contributed by atoms with Crippen LogP contribution in [0.1, 0.15) is 52.4 Å². The Morgan fingerprint density at radius 1 is 1.27 bits per heavy atom. The van der Waals surface area contributed by atoms with E-state index in [0.29, 0.717) is 19.5 Å². The summed E-state index contributed by atoms with van der Waals surface area (Å²) in [5.74, 6) is 2.48. The molecular formula is C19H33N5O2. The van der Waals surface area contributed by atoms with Gasteiger partial charge < -0.3 is 15.5 Å². The summed E-state index contributed by atoms with van der Waals surface area (Å²) in [5.41, 5.74) is -0.744. The van der Waals surface area contributed by atoms with E-state index in [0.717, 1.165) is 37.3 Å². The number of urea groups is 1. The number of carbonyl (C=O) groups is 2. The molecule has 3 fully saturated rings. The summed E-state index contributed by atoms with van der Waals surface area (Å²) < 4.78 is 0. The maximum atomic E-state index is 12.4. The summed E-state index contributed by atoms with van der Waals surface area (Å²) in [6.45, 7) is 7.06. The normalized spacial score (nSPS) is 32.0. The predicted octanol–water partition coefficient (Wildman–Crippen LogP) is 1.79. The third kappa shape index (κ3) is 3.67. The topological polar surface area (TPSA) is 77.0 Å². The Labute approximate surface area is 156 Å². The van der Waals surface area contributed by atoms with Crippen LogP contribution in [0.2, 0.25) is 0 Å². The van der Waals surface area contributed by atoms with E-state index in [1.54, 1.807) is 6.92 Å². The SMILES string of the molecule is CCC1(C)NC(=O)N(CCCNC(=NC)N2CC3CCCCC3C2)C1=O. The first-order valence-electron chi connectivity index (χ1n) is 10.1. The van der Waals surface area contributed by atoms with Gasteiger partial charge in [-0.15, -0.1) is 0 Å². The standard InChI is InChI=1S/C19H33N5O2/c1-4-19(2)16(25)24(18(26)22-19)11-7-10-21-17(20-3)23-12-14-8-5-6-9-15(14)13-23/h14-15H,4-13H2,1-3H3,(H,20,21)(H,22,26). The van der Waals surface area contributed by atoms with Crippen LogP contribution < -0.4 is 10.6 Å². The van der Waals surface area contributed by atoms with Crippen molar-refractivity contribution in [2.24, 2.45) is 16.8 Å². The number of carbonyl (C=O) groups excluding carboxylic acids is 2. The second-order valence-electron chi connectivity index (χ2n) is 8.11. The number of guanidine groups is 1. The molecule has 3 aliphatic rings. The zero-order valence-corrected chi connectivity index (χ0v) is 16.4. The fourth-order valence-electron chi connectivity index (χ4n) is 4.54. The van der Waals surface area contributed by atoms with Gasteiger partial charge in [0.25, 0.3) is 5.91 Å². The van der Waals surface area contributed by atoms with E-state index >= 15 is 0 Å². The molecule has 26 heavy (non-hydrogen) atoms. The van der Waals surface area contributed by atoms with Crippen LogP contribution in [-0.2, 0) is 4.79 Å². The molecule has 0 aromatic carbocycles. The van der Waals surface area contributed by atoms with Crippen molar-refractivity contribution in [3.05, 3.63) is 0 Å². The molecule has 0 spiro atoms. The quantitative estimate of drug-likeness (QED) is 0.338. The molecule has 1 aliphatic carbocycles. The second kappa shape index (κ2) is 7.84. The molecule has 3 unspecified atom stereocenters. The van der Waals surface area contributed by atoms with Gasteiger partial charge in [-0.05, 0) is 44.4 Å². The zero-order valence-electron chi connectivity index (χ0n) is 16.4. The first kappa shape index (κ1) is 19.0. The van der Waals surface area contributed by atoms with Crippen LogP contribution in [0.4, 0.5) is 4.79 Å². The molecule has 2 heterocycles. The van der Waals surface area contributed by atoms with Crippen LogP contribution in [0.5, 0.6) is 0 Å². The molecule has 0 aromatic rings. The van der Waals surface area contributed by atoms with Crippen molar-refractivity contribution in [1.82, 2.24) is 20.4 Å². The molecule has 7 nitrogen and oxygen atoms in total. The Hall–Kier alpha value is -1.79. The highest BCUT2D eigenvalue weighted by atomic mass is 16.2. The molecule has 0 aromatic heterocycles. The molecule has 2 N–H and O–H groups in total. The lowest BCUT2D eigenvalue weighted by Gasteiger charge is -2.22. The number of imide groups is 1. The molecule has 2 aliphatic heterocycles. The number of hydrogen-bond donors (Lipinski definition) is 2. The average molecular weight is 364 g/mol. The van der Waals surface area contributed by atoms with Crippen LogP contribution in [0, 0.1) is 11.8 Å². The van der Waals surface area contributed by atoms with E-state index in [1.165, 1.54) is 30.6 Å². The number of nitrogens with one attached hydrogen (secondary N) is 2. The van der Waals surface area contributed by atoms with Gasteiger partial charge in [-0.1, -0.05) is 19.8 Å². The number of hydrogen-bond acceptors (Lipinski definition) is 3. The van der Waals surface area contributed by atoms with E-state index in [9.17, 15) is 9.59 Å². The number of fused-ring (bicyclic) bond motifs is 1. The van der Waals surface area contributed by atoms with Gasteiger partial charge in [-0.3, -0.25) is 14.7 Å². The molecule has 3 atom stereocenters. The van der Waals surface area contributed by atoms with Crippen molar-refractivity contribution in [3.8, 4) is 0 Å². The summed E-state index contributed by atoms with van der Waals surface area (Å²) in [5, 5.41) is 6.21. The highest BCUT2D eigenvalue weighted by Crippen LogP contribution is 2.35. The monoisotopic (exact) mass is 363 g/mol. The van der Waals surface area contributed by atoms with Crippen LogP contribution in [0.3, 0.4) is 0 Å². The van der Waals surface area contributed by atoms with Gasteiger partial charge in [0, 0.05) is 33.2 Å². The van der Waals surface area contributed by atoms with E-state index in [4.69, 9.17) is 0 Å². The van der Waals surface area contributed by atoms with Crippen molar-refractivity contribution < 1.29 is 9.59 Å². The Morgan fingerprint density at radius 3 is 2.46 bits per heavy atom. The zero-order chi connectivity index (χ0) is 18.7. The number of aliphatic imine (C=N–C) groups is 1. The summed E-state index contributed by atoms with van der Waals surface area (Å²) in [6, 6.07) is -0.271. The van der Waals surface area contributed by atoms with Crippen molar-refractivity contribution in [1.29, 1.82) is 0 Å². The minimum absolute atomic E-state index is 0.113. The minimum atomic E-state index is -0.744. The molecule has 7 heteroatoms. The maximum Gasteiger partial charge on any atom is 0.325 e. The van der Waals surface area contributed by atoms with E-state index in [1.807, 2.05) is 14.0 Å². The van der Waals surface area contributed by atoms with Crippen LogP contribution >= 0.6 is 0 Å².